The smallest absolute Gasteiger partial charge is 0.270 e. The van der Waals surface area contributed by atoms with Gasteiger partial charge in [-0.15, -0.1) is 0 Å². The van der Waals surface area contributed by atoms with E-state index in [1.54, 1.807) is 6.92 Å². The molecule has 116 valence electrons. The van der Waals surface area contributed by atoms with Gasteiger partial charge in [0.2, 0.25) is 10.0 Å². The third-order valence-electron chi connectivity index (χ3n) is 3.57. The van der Waals surface area contributed by atoms with Crippen LogP contribution in [0.2, 0.25) is 0 Å². The van der Waals surface area contributed by atoms with Gasteiger partial charge >= 0.3 is 0 Å². The van der Waals surface area contributed by atoms with E-state index >= 15 is 0 Å². The van der Waals surface area contributed by atoms with Crippen molar-refractivity contribution in [1.29, 1.82) is 0 Å². The average molecular weight is 318 g/mol. The Hall–Kier alpha value is -1.58. The van der Waals surface area contributed by atoms with Crippen LogP contribution in [0.5, 0.6) is 0 Å². The Bertz CT molecular complexity index is 664. The highest BCUT2D eigenvalue weighted by Gasteiger charge is 2.34. The summed E-state index contributed by atoms with van der Waals surface area (Å²) in [5.74, 6) is -1.31. The molecule has 0 bridgehead atoms. The standard InChI is InChI=1S/C12H15FN2O5S/c1-8-7-14(5-4-11(8)16)21(19,20)12-6-9(15(17)18)2-3-10(12)13/h2-3,6,8,11,16H,4-5,7H2,1H3. The van der Waals surface area contributed by atoms with Crippen molar-refractivity contribution in [3.05, 3.63) is 34.1 Å². The molecule has 1 fully saturated rings. The van der Waals surface area contributed by atoms with Crippen molar-refractivity contribution in [2.45, 2.75) is 24.3 Å². The molecule has 9 heteroatoms. The van der Waals surface area contributed by atoms with Crippen molar-refractivity contribution in [2.75, 3.05) is 13.1 Å². The maximum absolute atomic E-state index is 13.8. The lowest BCUT2D eigenvalue weighted by molar-refractivity contribution is -0.385. The van der Waals surface area contributed by atoms with E-state index < -0.39 is 37.5 Å². The summed E-state index contributed by atoms with van der Waals surface area (Å²) in [6, 6.07) is 2.41. The summed E-state index contributed by atoms with van der Waals surface area (Å²) in [5.41, 5.74) is -0.486. The number of aliphatic hydroxyl groups excluding tert-OH is 1. The lowest BCUT2D eigenvalue weighted by Gasteiger charge is -2.33. The molecule has 1 aromatic rings. The van der Waals surface area contributed by atoms with E-state index in [-0.39, 0.29) is 25.4 Å². The van der Waals surface area contributed by atoms with Gasteiger partial charge in [0.15, 0.2) is 0 Å². The number of nitrogens with zero attached hydrogens (tertiary/aromatic N) is 2. The van der Waals surface area contributed by atoms with Gasteiger partial charge in [-0.3, -0.25) is 10.1 Å². The van der Waals surface area contributed by atoms with Gasteiger partial charge in [0.25, 0.3) is 5.69 Å². The maximum atomic E-state index is 13.8. The topological polar surface area (TPSA) is 101 Å². The highest BCUT2D eigenvalue weighted by molar-refractivity contribution is 7.89. The van der Waals surface area contributed by atoms with Crippen molar-refractivity contribution in [3.8, 4) is 0 Å². The first kappa shape index (κ1) is 15.8. The third kappa shape index (κ3) is 3.04. The van der Waals surface area contributed by atoms with Gasteiger partial charge in [0, 0.05) is 25.2 Å². The molecule has 21 heavy (non-hydrogen) atoms. The molecule has 1 aliphatic rings. The Morgan fingerprint density at radius 3 is 2.71 bits per heavy atom. The molecule has 1 aliphatic heterocycles. The van der Waals surface area contributed by atoms with Crippen molar-refractivity contribution >= 4 is 15.7 Å². The number of non-ortho nitro benzene ring substituents is 1. The first-order valence-corrected chi connectivity index (χ1v) is 7.79. The minimum absolute atomic E-state index is 0.0473. The second-order valence-corrected chi connectivity index (χ2v) is 6.97. The van der Waals surface area contributed by atoms with E-state index in [1.807, 2.05) is 0 Å². The van der Waals surface area contributed by atoms with E-state index in [2.05, 4.69) is 0 Å². The number of hydrogen-bond acceptors (Lipinski definition) is 5. The van der Waals surface area contributed by atoms with Gasteiger partial charge in [-0.25, -0.2) is 12.8 Å². The van der Waals surface area contributed by atoms with Gasteiger partial charge in [-0.05, 0) is 18.4 Å². The minimum atomic E-state index is -4.16. The van der Waals surface area contributed by atoms with E-state index in [4.69, 9.17) is 0 Å². The molecule has 1 aromatic carbocycles. The molecule has 2 atom stereocenters. The fourth-order valence-electron chi connectivity index (χ4n) is 2.26. The van der Waals surface area contributed by atoms with Crippen LogP contribution in [-0.4, -0.2) is 41.9 Å². The Labute approximate surface area is 121 Å². The van der Waals surface area contributed by atoms with Crippen LogP contribution in [0.15, 0.2) is 23.1 Å². The number of halogens is 1. The van der Waals surface area contributed by atoms with Crippen LogP contribution >= 0.6 is 0 Å². The van der Waals surface area contributed by atoms with Gasteiger partial charge in [0.1, 0.15) is 10.7 Å². The Balaban J connectivity index is 2.40. The van der Waals surface area contributed by atoms with Crippen LogP contribution in [0.1, 0.15) is 13.3 Å². The van der Waals surface area contributed by atoms with Gasteiger partial charge < -0.3 is 5.11 Å². The second-order valence-electron chi connectivity index (χ2n) is 5.07. The predicted octanol–water partition coefficient (Wildman–Crippen LogP) is 1.13. The maximum Gasteiger partial charge on any atom is 0.270 e. The van der Waals surface area contributed by atoms with E-state index in [9.17, 15) is 28.0 Å². The van der Waals surface area contributed by atoms with Crippen LogP contribution in [0.4, 0.5) is 10.1 Å². The predicted molar refractivity (Wildman–Crippen MR) is 71.6 cm³/mol. The molecule has 1 heterocycles. The zero-order valence-electron chi connectivity index (χ0n) is 11.3. The summed E-state index contributed by atoms with van der Waals surface area (Å²) in [7, 11) is -4.16. The Morgan fingerprint density at radius 2 is 2.14 bits per heavy atom. The molecule has 1 saturated heterocycles. The number of nitro benzene ring substituents is 1. The van der Waals surface area contributed by atoms with Crippen LogP contribution in [0, 0.1) is 21.8 Å². The normalized spacial score (nSPS) is 24.0. The van der Waals surface area contributed by atoms with E-state index in [0.717, 1.165) is 22.5 Å². The summed E-state index contributed by atoms with van der Waals surface area (Å²) < 4.78 is 39.7. The lowest BCUT2D eigenvalue weighted by Crippen LogP contribution is -2.45. The van der Waals surface area contributed by atoms with Crippen LogP contribution < -0.4 is 0 Å². The summed E-state index contributed by atoms with van der Waals surface area (Å²) in [6.45, 7) is 1.79. The number of rotatable bonds is 3. The largest absolute Gasteiger partial charge is 0.393 e. The van der Waals surface area contributed by atoms with Crippen LogP contribution in [0.3, 0.4) is 0 Å². The number of piperidine rings is 1. The number of nitro groups is 1. The number of hydrogen-bond donors (Lipinski definition) is 1. The molecular weight excluding hydrogens is 303 g/mol. The highest BCUT2D eigenvalue weighted by atomic mass is 32.2. The fourth-order valence-corrected chi connectivity index (χ4v) is 3.90. The number of aliphatic hydroxyl groups is 1. The van der Waals surface area contributed by atoms with E-state index in [1.165, 1.54) is 0 Å². The summed E-state index contributed by atoms with van der Waals surface area (Å²) in [4.78, 5) is 9.22. The third-order valence-corrected chi connectivity index (χ3v) is 5.45. The first-order chi connectivity index (χ1) is 9.73. The monoisotopic (exact) mass is 318 g/mol. The minimum Gasteiger partial charge on any atom is -0.393 e. The quantitative estimate of drug-likeness (QED) is 0.665. The number of benzene rings is 1. The molecule has 7 nitrogen and oxygen atoms in total. The fraction of sp³-hybridized carbons (Fsp3) is 0.500. The molecule has 0 aliphatic carbocycles. The summed E-state index contributed by atoms with van der Waals surface area (Å²) in [5, 5.41) is 20.3. The van der Waals surface area contributed by atoms with Crippen molar-refractivity contribution < 1.29 is 22.8 Å². The van der Waals surface area contributed by atoms with E-state index in [0.29, 0.717) is 0 Å². The van der Waals surface area contributed by atoms with Crippen molar-refractivity contribution in [1.82, 2.24) is 4.31 Å². The SMILES string of the molecule is CC1CN(S(=O)(=O)c2cc([N+](=O)[O-])ccc2F)CCC1O. The molecule has 0 saturated carbocycles. The molecule has 0 aromatic heterocycles. The van der Waals surface area contributed by atoms with Gasteiger partial charge in [-0.2, -0.15) is 4.31 Å². The molecule has 0 spiro atoms. The zero-order valence-corrected chi connectivity index (χ0v) is 12.1. The van der Waals surface area contributed by atoms with Crippen molar-refractivity contribution in [2.24, 2.45) is 5.92 Å². The Kier molecular flexibility index (Phi) is 4.26. The van der Waals surface area contributed by atoms with Crippen LogP contribution in [0.25, 0.3) is 0 Å². The Morgan fingerprint density at radius 1 is 1.48 bits per heavy atom. The zero-order chi connectivity index (χ0) is 15.8. The molecule has 1 N–H and O–H groups in total. The highest BCUT2D eigenvalue weighted by Crippen LogP contribution is 2.27. The van der Waals surface area contributed by atoms with Crippen molar-refractivity contribution in [3.63, 3.8) is 0 Å². The summed E-state index contributed by atoms with van der Waals surface area (Å²) in [6.07, 6.45) is -0.358. The molecular formula is C12H15FN2O5S. The second kappa shape index (κ2) is 5.66. The molecule has 0 radical (unpaired) electrons. The first-order valence-electron chi connectivity index (χ1n) is 6.35. The molecule has 2 unspecified atom stereocenters. The molecule has 0 amide bonds. The molecule has 2 rings (SSSR count). The van der Waals surface area contributed by atoms with Gasteiger partial charge in [-0.1, -0.05) is 6.92 Å². The lowest BCUT2D eigenvalue weighted by atomic mass is 9.99. The number of sulfonamides is 1. The summed E-state index contributed by atoms with van der Waals surface area (Å²) >= 11 is 0. The van der Waals surface area contributed by atoms with Crippen LogP contribution in [-0.2, 0) is 10.0 Å². The average Bonchev–Trinajstić information content (AvgIpc) is 2.41. The van der Waals surface area contributed by atoms with Gasteiger partial charge in [0.05, 0.1) is 11.0 Å².